The van der Waals surface area contributed by atoms with Crippen LogP contribution in [0.3, 0.4) is 0 Å². The molecule has 2 rings (SSSR count). The standard InChI is InChI=1S/C19H19NO6/c1-25-18(23)15-9-7-13(8-10-15)11-16(17(21)22)20-19(24)26-12-14-5-3-2-4-6-14/h2-10,16H,11-12H2,1H3,(H,20,24)(H,21,22)/t16-/m0/s1. The molecule has 7 heteroatoms. The van der Waals surface area contributed by atoms with Gasteiger partial charge in [-0.05, 0) is 23.3 Å². The molecule has 136 valence electrons. The lowest BCUT2D eigenvalue weighted by Crippen LogP contribution is -2.42. The quantitative estimate of drug-likeness (QED) is 0.738. The minimum atomic E-state index is -1.18. The Hall–Kier alpha value is -3.35. The van der Waals surface area contributed by atoms with Gasteiger partial charge in [0, 0.05) is 6.42 Å². The molecule has 1 amide bonds. The van der Waals surface area contributed by atoms with Crippen molar-refractivity contribution in [1.82, 2.24) is 5.32 Å². The lowest BCUT2D eigenvalue weighted by Gasteiger charge is -2.15. The summed E-state index contributed by atoms with van der Waals surface area (Å²) in [7, 11) is 1.28. The molecule has 0 heterocycles. The first-order valence-corrected chi connectivity index (χ1v) is 7.87. The molecule has 0 aliphatic heterocycles. The summed E-state index contributed by atoms with van der Waals surface area (Å²) in [6.45, 7) is 0.0485. The minimum absolute atomic E-state index is 0.0485. The SMILES string of the molecule is COC(=O)c1ccc(C[C@H](NC(=O)OCc2ccccc2)C(=O)O)cc1. The van der Waals surface area contributed by atoms with Crippen molar-refractivity contribution >= 4 is 18.0 Å². The third-order valence-corrected chi connectivity index (χ3v) is 3.62. The number of methoxy groups -OCH3 is 1. The normalized spacial score (nSPS) is 11.3. The highest BCUT2D eigenvalue weighted by molar-refractivity contribution is 5.89. The second-order valence-electron chi connectivity index (χ2n) is 5.49. The molecule has 0 bridgehead atoms. The van der Waals surface area contributed by atoms with Gasteiger partial charge in [0.25, 0.3) is 0 Å². The number of nitrogens with one attached hydrogen (secondary N) is 1. The van der Waals surface area contributed by atoms with Gasteiger partial charge in [-0.1, -0.05) is 42.5 Å². The minimum Gasteiger partial charge on any atom is -0.480 e. The Kier molecular flexibility index (Phi) is 6.73. The molecule has 26 heavy (non-hydrogen) atoms. The molecule has 0 saturated heterocycles. The molecule has 1 atom stereocenters. The van der Waals surface area contributed by atoms with Gasteiger partial charge in [0.05, 0.1) is 12.7 Å². The highest BCUT2D eigenvalue weighted by atomic mass is 16.5. The molecule has 2 aromatic rings. The first-order chi connectivity index (χ1) is 12.5. The van der Waals surface area contributed by atoms with E-state index < -0.39 is 24.1 Å². The molecule has 0 aromatic heterocycles. The summed E-state index contributed by atoms with van der Waals surface area (Å²) in [5, 5.41) is 11.6. The van der Waals surface area contributed by atoms with E-state index >= 15 is 0 Å². The number of aliphatic carboxylic acids is 1. The van der Waals surface area contributed by atoms with E-state index in [0.717, 1.165) is 5.56 Å². The summed E-state index contributed by atoms with van der Waals surface area (Å²) in [5.74, 6) is -1.66. The molecule has 0 aliphatic rings. The number of amides is 1. The molecule has 0 spiro atoms. The van der Waals surface area contributed by atoms with E-state index in [0.29, 0.717) is 11.1 Å². The van der Waals surface area contributed by atoms with Crippen molar-refractivity contribution in [2.75, 3.05) is 7.11 Å². The fourth-order valence-electron chi connectivity index (χ4n) is 2.24. The highest BCUT2D eigenvalue weighted by Crippen LogP contribution is 2.09. The summed E-state index contributed by atoms with van der Waals surface area (Å²) < 4.78 is 9.64. The smallest absolute Gasteiger partial charge is 0.408 e. The molecule has 0 radical (unpaired) electrons. The fraction of sp³-hybridized carbons (Fsp3) is 0.211. The van der Waals surface area contributed by atoms with Gasteiger partial charge in [-0.3, -0.25) is 0 Å². The Morgan fingerprint density at radius 1 is 1.00 bits per heavy atom. The van der Waals surface area contributed by atoms with E-state index in [1.165, 1.54) is 19.2 Å². The predicted octanol–water partition coefficient (Wildman–Crippen LogP) is 2.40. The lowest BCUT2D eigenvalue weighted by molar-refractivity contribution is -0.139. The van der Waals surface area contributed by atoms with Crippen LogP contribution >= 0.6 is 0 Å². The van der Waals surface area contributed by atoms with Crippen LogP contribution in [0.1, 0.15) is 21.5 Å². The van der Waals surface area contributed by atoms with Gasteiger partial charge in [-0.25, -0.2) is 14.4 Å². The van der Waals surface area contributed by atoms with Crippen LogP contribution < -0.4 is 5.32 Å². The summed E-state index contributed by atoms with van der Waals surface area (Å²) in [4.78, 5) is 34.6. The van der Waals surface area contributed by atoms with E-state index in [-0.39, 0.29) is 13.0 Å². The molecule has 0 saturated carbocycles. The maximum atomic E-state index is 11.8. The van der Waals surface area contributed by atoms with Crippen molar-refractivity contribution in [3.63, 3.8) is 0 Å². The molecule has 0 fully saturated rings. The Morgan fingerprint density at radius 3 is 2.23 bits per heavy atom. The van der Waals surface area contributed by atoms with E-state index in [2.05, 4.69) is 10.1 Å². The lowest BCUT2D eigenvalue weighted by atomic mass is 10.0. The van der Waals surface area contributed by atoms with Gasteiger partial charge < -0.3 is 19.9 Å². The van der Waals surface area contributed by atoms with E-state index in [1.807, 2.05) is 18.2 Å². The third kappa shape index (κ3) is 5.62. The molecule has 2 N–H and O–H groups in total. The van der Waals surface area contributed by atoms with Crippen LogP contribution in [0.5, 0.6) is 0 Å². The van der Waals surface area contributed by atoms with Crippen molar-refractivity contribution in [3.05, 3.63) is 71.3 Å². The Bertz CT molecular complexity index is 757. The van der Waals surface area contributed by atoms with Crippen molar-refractivity contribution in [2.24, 2.45) is 0 Å². The zero-order valence-corrected chi connectivity index (χ0v) is 14.2. The van der Waals surface area contributed by atoms with Gasteiger partial charge in [0.1, 0.15) is 12.6 Å². The fourth-order valence-corrected chi connectivity index (χ4v) is 2.24. The van der Waals surface area contributed by atoms with Crippen molar-refractivity contribution in [2.45, 2.75) is 19.1 Å². The van der Waals surface area contributed by atoms with Crippen molar-refractivity contribution in [3.8, 4) is 0 Å². The van der Waals surface area contributed by atoms with Gasteiger partial charge in [-0.2, -0.15) is 0 Å². The first-order valence-electron chi connectivity index (χ1n) is 7.87. The van der Waals surface area contributed by atoms with Gasteiger partial charge >= 0.3 is 18.0 Å². The summed E-state index contributed by atoms with van der Waals surface area (Å²) in [6, 6.07) is 14.2. The number of carboxylic acid groups (broad SMARTS) is 1. The number of hydrogen-bond donors (Lipinski definition) is 2. The Balaban J connectivity index is 1.92. The van der Waals surface area contributed by atoms with Crippen LogP contribution in [0.4, 0.5) is 4.79 Å². The number of rotatable bonds is 7. The zero-order chi connectivity index (χ0) is 18.9. The van der Waals surface area contributed by atoms with Gasteiger partial charge in [-0.15, -0.1) is 0 Å². The molecule has 2 aromatic carbocycles. The molecule has 0 unspecified atom stereocenters. The predicted molar refractivity (Wildman–Crippen MR) is 92.7 cm³/mol. The van der Waals surface area contributed by atoms with Crippen LogP contribution in [-0.2, 0) is 27.3 Å². The maximum absolute atomic E-state index is 11.8. The number of hydrogen-bond acceptors (Lipinski definition) is 5. The molecular formula is C19H19NO6. The number of ether oxygens (including phenoxy) is 2. The average Bonchev–Trinajstić information content (AvgIpc) is 2.66. The topological polar surface area (TPSA) is 102 Å². The third-order valence-electron chi connectivity index (χ3n) is 3.62. The number of benzene rings is 2. The number of alkyl carbamates (subject to hydrolysis) is 1. The van der Waals surface area contributed by atoms with Crippen molar-refractivity contribution in [1.29, 1.82) is 0 Å². The van der Waals surface area contributed by atoms with E-state index in [4.69, 9.17) is 4.74 Å². The second kappa shape index (κ2) is 9.22. The highest BCUT2D eigenvalue weighted by Gasteiger charge is 2.21. The monoisotopic (exact) mass is 357 g/mol. The van der Waals surface area contributed by atoms with Gasteiger partial charge in [0.2, 0.25) is 0 Å². The summed E-state index contributed by atoms with van der Waals surface area (Å²) in [5.41, 5.74) is 1.81. The number of esters is 1. The Morgan fingerprint density at radius 2 is 1.65 bits per heavy atom. The van der Waals surface area contributed by atoms with Crippen LogP contribution in [-0.4, -0.2) is 36.3 Å². The largest absolute Gasteiger partial charge is 0.480 e. The summed E-state index contributed by atoms with van der Waals surface area (Å²) >= 11 is 0. The molecular weight excluding hydrogens is 338 g/mol. The Labute approximate surface area is 150 Å². The van der Waals surface area contributed by atoms with Crippen LogP contribution in [0, 0.1) is 0 Å². The van der Waals surface area contributed by atoms with E-state index in [9.17, 15) is 19.5 Å². The first kappa shape index (κ1) is 19.0. The zero-order valence-electron chi connectivity index (χ0n) is 14.2. The second-order valence-corrected chi connectivity index (χ2v) is 5.49. The maximum Gasteiger partial charge on any atom is 0.408 e. The van der Waals surface area contributed by atoms with E-state index in [1.54, 1.807) is 24.3 Å². The molecule has 7 nitrogen and oxygen atoms in total. The summed E-state index contributed by atoms with van der Waals surface area (Å²) in [6.07, 6.45) is -0.760. The van der Waals surface area contributed by atoms with Crippen LogP contribution in [0.2, 0.25) is 0 Å². The van der Waals surface area contributed by atoms with Gasteiger partial charge in [0.15, 0.2) is 0 Å². The average molecular weight is 357 g/mol. The number of carbonyl (C=O) groups excluding carboxylic acids is 2. The van der Waals surface area contributed by atoms with Crippen LogP contribution in [0.25, 0.3) is 0 Å². The number of carbonyl (C=O) groups is 3. The van der Waals surface area contributed by atoms with Crippen LogP contribution in [0.15, 0.2) is 54.6 Å². The number of carboxylic acids is 1. The molecule has 0 aliphatic carbocycles. The van der Waals surface area contributed by atoms with Crippen molar-refractivity contribution < 1.29 is 29.0 Å².